The third kappa shape index (κ3) is 5.69. The third-order valence-corrected chi connectivity index (χ3v) is 2.63. The number of rotatable bonds is 7. The van der Waals surface area contributed by atoms with Gasteiger partial charge in [0.1, 0.15) is 5.82 Å². The zero-order valence-electron chi connectivity index (χ0n) is 11.5. The lowest BCUT2D eigenvalue weighted by Crippen LogP contribution is -2.40. The van der Waals surface area contributed by atoms with Gasteiger partial charge in [-0.2, -0.15) is 0 Å². The summed E-state index contributed by atoms with van der Waals surface area (Å²) < 4.78 is 13.3. The van der Waals surface area contributed by atoms with Crippen molar-refractivity contribution in [2.75, 3.05) is 19.6 Å². The monoisotopic (exact) mass is 281 g/mol. The number of unbranched alkanes of at least 4 members (excludes halogenated alkanes) is 1. The summed E-state index contributed by atoms with van der Waals surface area (Å²) >= 11 is 0. The first-order valence-corrected chi connectivity index (χ1v) is 6.69. The number of carbonyl (C=O) groups excluding carboxylic acids is 2. The molecule has 0 saturated carbocycles. The van der Waals surface area contributed by atoms with E-state index in [0.717, 1.165) is 12.8 Å². The first kappa shape index (κ1) is 15.9. The molecule has 5 nitrogen and oxygen atoms in total. The van der Waals surface area contributed by atoms with Crippen molar-refractivity contribution in [1.82, 2.24) is 16.0 Å². The van der Waals surface area contributed by atoms with E-state index in [-0.39, 0.29) is 24.7 Å². The fraction of sp³-hybridized carbons (Fsp3) is 0.429. The van der Waals surface area contributed by atoms with Gasteiger partial charge in [0, 0.05) is 19.6 Å². The number of urea groups is 1. The standard InChI is InChI=1S/C14H20FN3O2/c1-2-3-8-17-14(20)18-10-9-16-13(19)11-6-4-5-7-12(11)15/h4-7H,2-3,8-10H2,1H3,(H,16,19)(H2,17,18,20). The molecule has 3 amide bonds. The predicted octanol–water partition coefficient (Wildman–Crippen LogP) is 1.65. The van der Waals surface area contributed by atoms with Gasteiger partial charge in [-0.25, -0.2) is 9.18 Å². The highest BCUT2D eigenvalue weighted by molar-refractivity contribution is 5.94. The Bertz CT molecular complexity index is 452. The molecule has 0 heterocycles. The second-order valence-corrected chi connectivity index (χ2v) is 4.27. The summed E-state index contributed by atoms with van der Waals surface area (Å²) in [5.74, 6) is -1.05. The van der Waals surface area contributed by atoms with Gasteiger partial charge in [0.25, 0.3) is 5.91 Å². The van der Waals surface area contributed by atoms with Crippen molar-refractivity contribution < 1.29 is 14.0 Å². The van der Waals surface area contributed by atoms with Gasteiger partial charge < -0.3 is 16.0 Å². The number of hydrogen-bond donors (Lipinski definition) is 3. The maximum Gasteiger partial charge on any atom is 0.314 e. The van der Waals surface area contributed by atoms with Crippen LogP contribution in [-0.2, 0) is 0 Å². The van der Waals surface area contributed by atoms with E-state index in [1.807, 2.05) is 6.92 Å². The summed E-state index contributed by atoms with van der Waals surface area (Å²) in [5, 5.41) is 7.84. The number of benzene rings is 1. The van der Waals surface area contributed by atoms with Crippen molar-refractivity contribution in [1.29, 1.82) is 0 Å². The van der Waals surface area contributed by atoms with Gasteiger partial charge in [-0.1, -0.05) is 25.5 Å². The van der Waals surface area contributed by atoms with Gasteiger partial charge in [0.05, 0.1) is 5.56 Å². The normalized spacial score (nSPS) is 9.90. The average molecular weight is 281 g/mol. The van der Waals surface area contributed by atoms with Crippen LogP contribution in [0.5, 0.6) is 0 Å². The third-order valence-electron chi connectivity index (χ3n) is 2.63. The van der Waals surface area contributed by atoms with E-state index in [4.69, 9.17) is 0 Å². The zero-order chi connectivity index (χ0) is 14.8. The number of carbonyl (C=O) groups is 2. The molecule has 6 heteroatoms. The maximum atomic E-state index is 13.3. The zero-order valence-corrected chi connectivity index (χ0v) is 11.5. The molecule has 0 aliphatic heterocycles. The molecule has 0 aromatic heterocycles. The second-order valence-electron chi connectivity index (χ2n) is 4.27. The molecule has 0 saturated heterocycles. The molecule has 0 atom stereocenters. The number of amides is 3. The fourth-order valence-electron chi connectivity index (χ4n) is 1.53. The van der Waals surface area contributed by atoms with Crippen molar-refractivity contribution in [3.05, 3.63) is 35.6 Å². The lowest BCUT2D eigenvalue weighted by atomic mass is 10.2. The van der Waals surface area contributed by atoms with Crippen molar-refractivity contribution in [2.24, 2.45) is 0 Å². The first-order chi connectivity index (χ1) is 9.65. The van der Waals surface area contributed by atoms with Gasteiger partial charge in [-0.15, -0.1) is 0 Å². The SMILES string of the molecule is CCCCNC(=O)NCCNC(=O)c1ccccc1F. The van der Waals surface area contributed by atoms with Crippen LogP contribution < -0.4 is 16.0 Å². The molecule has 110 valence electrons. The van der Waals surface area contributed by atoms with Crippen molar-refractivity contribution in [2.45, 2.75) is 19.8 Å². The minimum absolute atomic E-state index is 0.0000951. The van der Waals surface area contributed by atoms with Crippen LogP contribution in [0, 0.1) is 5.82 Å². The lowest BCUT2D eigenvalue weighted by molar-refractivity contribution is 0.0950. The highest BCUT2D eigenvalue weighted by Gasteiger charge is 2.09. The van der Waals surface area contributed by atoms with Gasteiger partial charge in [-0.3, -0.25) is 4.79 Å². The van der Waals surface area contributed by atoms with Crippen LogP contribution in [0.3, 0.4) is 0 Å². The molecule has 3 N–H and O–H groups in total. The molecule has 0 spiro atoms. The largest absolute Gasteiger partial charge is 0.350 e. The Labute approximate surface area is 117 Å². The lowest BCUT2D eigenvalue weighted by Gasteiger charge is -2.08. The van der Waals surface area contributed by atoms with E-state index in [1.54, 1.807) is 6.07 Å². The molecule has 0 fully saturated rings. The smallest absolute Gasteiger partial charge is 0.314 e. The van der Waals surface area contributed by atoms with E-state index in [1.165, 1.54) is 18.2 Å². The van der Waals surface area contributed by atoms with Gasteiger partial charge >= 0.3 is 6.03 Å². The van der Waals surface area contributed by atoms with Crippen molar-refractivity contribution in [3.8, 4) is 0 Å². The number of hydrogen-bond acceptors (Lipinski definition) is 2. The molecule has 0 radical (unpaired) electrons. The van der Waals surface area contributed by atoms with Gasteiger partial charge in [-0.05, 0) is 18.6 Å². The summed E-state index contributed by atoms with van der Waals surface area (Å²) in [4.78, 5) is 22.9. The molecule has 0 unspecified atom stereocenters. The molecule has 0 aliphatic carbocycles. The van der Waals surface area contributed by atoms with Crippen molar-refractivity contribution in [3.63, 3.8) is 0 Å². The minimum atomic E-state index is -0.560. The average Bonchev–Trinajstić information content (AvgIpc) is 2.44. The van der Waals surface area contributed by atoms with Crippen LogP contribution in [0.4, 0.5) is 9.18 Å². The number of halogens is 1. The molecule has 0 bridgehead atoms. The minimum Gasteiger partial charge on any atom is -0.350 e. The highest BCUT2D eigenvalue weighted by Crippen LogP contribution is 2.05. The van der Waals surface area contributed by atoms with Crippen molar-refractivity contribution >= 4 is 11.9 Å². The Morgan fingerprint density at radius 3 is 2.40 bits per heavy atom. The first-order valence-electron chi connectivity index (χ1n) is 6.69. The molecule has 1 aromatic carbocycles. The second kappa shape index (κ2) is 8.90. The quantitative estimate of drug-likeness (QED) is 0.665. The van der Waals surface area contributed by atoms with Crippen LogP contribution in [0.1, 0.15) is 30.1 Å². The Hall–Kier alpha value is -2.11. The van der Waals surface area contributed by atoms with E-state index < -0.39 is 11.7 Å². The summed E-state index contributed by atoms with van der Waals surface area (Å²) in [6.07, 6.45) is 1.94. The predicted molar refractivity (Wildman–Crippen MR) is 75.0 cm³/mol. The van der Waals surface area contributed by atoms with Crippen LogP contribution in [0.2, 0.25) is 0 Å². The topological polar surface area (TPSA) is 70.2 Å². The fourth-order valence-corrected chi connectivity index (χ4v) is 1.53. The molecular formula is C14H20FN3O2. The van der Waals surface area contributed by atoms with E-state index >= 15 is 0 Å². The summed E-state index contributed by atoms with van der Waals surface area (Å²) in [6, 6.07) is 5.49. The van der Waals surface area contributed by atoms with E-state index in [9.17, 15) is 14.0 Å². The summed E-state index contributed by atoms with van der Waals surface area (Å²) in [6.45, 7) is 3.20. The van der Waals surface area contributed by atoms with E-state index in [0.29, 0.717) is 6.54 Å². The maximum absolute atomic E-state index is 13.3. The Balaban J connectivity index is 2.20. The van der Waals surface area contributed by atoms with Gasteiger partial charge in [0.2, 0.25) is 0 Å². The Morgan fingerprint density at radius 2 is 1.70 bits per heavy atom. The Morgan fingerprint density at radius 1 is 1.05 bits per heavy atom. The van der Waals surface area contributed by atoms with Crippen LogP contribution in [-0.4, -0.2) is 31.6 Å². The molecule has 20 heavy (non-hydrogen) atoms. The highest BCUT2D eigenvalue weighted by atomic mass is 19.1. The molecular weight excluding hydrogens is 261 g/mol. The molecule has 0 aliphatic rings. The molecule has 1 rings (SSSR count). The van der Waals surface area contributed by atoms with Gasteiger partial charge in [0.15, 0.2) is 0 Å². The van der Waals surface area contributed by atoms with E-state index in [2.05, 4.69) is 16.0 Å². The van der Waals surface area contributed by atoms with Crippen LogP contribution in [0.15, 0.2) is 24.3 Å². The van der Waals surface area contributed by atoms with Crippen LogP contribution in [0.25, 0.3) is 0 Å². The summed E-state index contributed by atoms with van der Waals surface area (Å²) in [7, 11) is 0. The van der Waals surface area contributed by atoms with Crippen LogP contribution >= 0.6 is 0 Å². The Kier molecular flexibility index (Phi) is 7.10. The molecule has 1 aromatic rings. The number of nitrogens with one attached hydrogen (secondary N) is 3. The summed E-state index contributed by atoms with van der Waals surface area (Å²) in [5.41, 5.74) is -0.0000951.